The van der Waals surface area contributed by atoms with Crippen LogP contribution < -0.4 is 5.32 Å². The number of hydrogen-bond acceptors (Lipinski definition) is 5. The highest BCUT2D eigenvalue weighted by Gasteiger charge is 2.21. The summed E-state index contributed by atoms with van der Waals surface area (Å²) in [5.74, 6) is 2.10. The standard InChI is InChI=1S/C21H20FN5S/c1-13-23-10-11-27(13)21-25-19(24-12-14-6-8-15(22)9-7-14)18-16-4-2-3-5-17(16)28-20(18)26-21/h6-11H,2-5,12H2,1H3,(H,24,25,26). The highest BCUT2D eigenvalue weighted by atomic mass is 32.1. The van der Waals surface area contributed by atoms with Crippen LogP contribution in [0.15, 0.2) is 36.7 Å². The monoisotopic (exact) mass is 393 g/mol. The smallest absolute Gasteiger partial charge is 0.238 e. The van der Waals surface area contributed by atoms with Gasteiger partial charge in [0.2, 0.25) is 5.95 Å². The van der Waals surface area contributed by atoms with E-state index in [-0.39, 0.29) is 5.82 Å². The molecule has 0 amide bonds. The Morgan fingerprint density at radius 3 is 2.75 bits per heavy atom. The summed E-state index contributed by atoms with van der Waals surface area (Å²) in [4.78, 5) is 16.5. The van der Waals surface area contributed by atoms with E-state index in [1.165, 1.54) is 35.4 Å². The summed E-state index contributed by atoms with van der Waals surface area (Å²) in [6.45, 7) is 2.53. The average molecular weight is 393 g/mol. The third kappa shape index (κ3) is 3.05. The number of fused-ring (bicyclic) bond motifs is 3. The van der Waals surface area contributed by atoms with E-state index in [2.05, 4.69) is 10.3 Å². The first kappa shape index (κ1) is 17.3. The van der Waals surface area contributed by atoms with Gasteiger partial charge in [-0.15, -0.1) is 11.3 Å². The summed E-state index contributed by atoms with van der Waals surface area (Å²) in [5, 5.41) is 4.62. The van der Waals surface area contributed by atoms with Crippen molar-refractivity contribution in [3.05, 3.63) is 64.3 Å². The van der Waals surface area contributed by atoms with E-state index in [0.29, 0.717) is 12.5 Å². The Kier molecular flexibility index (Phi) is 4.31. The van der Waals surface area contributed by atoms with Gasteiger partial charge < -0.3 is 5.32 Å². The highest BCUT2D eigenvalue weighted by molar-refractivity contribution is 7.19. The van der Waals surface area contributed by atoms with Gasteiger partial charge >= 0.3 is 0 Å². The summed E-state index contributed by atoms with van der Waals surface area (Å²) < 4.78 is 15.1. The summed E-state index contributed by atoms with van der Waals surface area (Å²) in [5.41, 5.74) is 2.40. The van der Waals surface area contributed by atoms with Gasteiger partial charge in [0.15, 0.2) is 0 Å². The van der Waals surface area contributed by atoms with E-state index in [1.807, 2.05) is 17.7 Å². The Balaban J connectivity index is 1.60. The number of nitrogens with one attached hydrogen (secondary N) is 1. The van der Waals surface area contributed by atoms with E-state index >= 15 is 0 Å². The molecule has 142 valence electrons. The predicted octanol–water partition coefficient (Wildman–Crippen LogP) is 4.82. The van der Waals surface area contributed by atoms with Gasteiger partial charge in [-0.25, -0.2) is 14.4 Å². The van der Waals surface area contributed by atoms with E-state index in [4.69, 9.17) is 9.97 Å². The Morgan fingerprint density at radius 1 is 1.14 bits per heavy atom. The molecule has 7 heteroatoms. The molecule has 0 spiro atoms. The molecule has 1 aliphatic carbocycles. The van der Waals surface area contributed by atoms with Gasteiger partial charge in [-0.05, 0) is 55.9 Å². The van der Waals surface area contributed by atoms with Crippen molar-refractivity contribution in [2.45, 2.75) is 39.2 Å². The normalized spacial score (nSPS) is 13.6. The first-order valence-corrected chi connectivity index (χ1v) is 10.3. The first-order chi connectivity index (χ1) is 13.7. The fourth-order valence-electron chi connectivity index (χ4n) is 3.76. The van der Waals surface area contributed by atoms with Crippen LogP contribution in [0.2, 0.25) is 0 Å². The lowest BCUT2D eigenvalue weighted by molar-refractivity contribution is 0.627. The van der Waals surface area contributed by atoms with Gasteiger partial charge in [0.05, 0.1) is 5.39 Å². The second kappa shape index (κ2) is 6.98. The van der Waals surface area contributed by atoms with Gasteiger partial charge in [0.1, 0.15) is 22.3 Å². The second-order valence-corrected chi connectivity index (χ2v) is 8.17. The van der Waals surface area contributed by atoms with Crippen molar-refractivity contribution in [1.82, 2.24) is 19.5 Å². The number of anilines is 1. The number of halogens is 1. The molecule has 5 rings (SSSR count). The maximum atomic E-state index is 13.2. The third-order valence-corrected chi connectivity index (χ3v) is 6.40. The molecule has 1 aromatic carbocycles. The molecule has 4 aromatic rings. The summed E-state index contributed by atoms with van der Waals surface area (Å²) in [7, 11) is 0. The van der Waals surface area contributed by atoms with Crippen LogP contribution in [0.25, 0.3) is 16.2 Å². The van der Waals surface area contributed by atoms with Gasteiger partial charge in [-0.3, -0.25) is 4.57 Å². The molecule has 3 heterocycles. The molecular formula is C21H20FN5S. The van der Waals surface area contributed by atoms with Gasteiger partial charge in [0.25, 0.3) is 0 Å². The minimum absolute atomic E-state index is 0.224. The van der Waals surface area contributed by atoms with Crippen molar-refractivity contribution in [1.29, 1.82) is 0 Å². The number of aromatic nitrogens is 4. The lowest BCUT2D eigenvalue weighted by atomic mass is 9.97. The Morgan fingerprint density at radius 2 is 1.96 bits per heavy atom. The molecule has 1 N–H and O–H groups in total. The van der Waals surface area contributed by atoms with Crippen molar-refractivity contribution in [3.8, 4) is 5.95 Å². The minimum atomic E-state index is -0.224. The number of rotatable bonds is 4. The minimum Gasteiger partial charge on any atom is -0.365 e. The summed E-state index contributed by atoms with van der Waals surface area (Å²) in [6.07, 6.45) is 8.28. The number of thiophene rings is 1. The molecule has 0 unspecified atom stereocenters. The van der Waals surface area contributed by atoms with Crippen LogP contribution in [0.4, 0.5) is 10.2 Å². The van der Waals surface area contributed by atoms with Gasteiger partial charge in [-0.1, -0.05) is 12.1 Å². The molecule has 0 saturated heterocycles. The maximum absolute atomic E-state index is 13.2. The van der Waals surface area contributed by atoms with Crippen LogP contribution in [-0.4, -0.2) is 19.5 Å². The molecule has 3 aromatic heterocycles. The van der Waals surface area contributed by atoms with Crippen molar-refractivity contribution in [2.75, 3.05) is 5.32 Å². The average Bonchev–Trinajstić information content (AvgIpc) is 3.30. The SMILES string of the molecule is Cc1nccn1-c1nc(NCc2ccc(F)cc2)c2c3c(sc2n1)CCCC3. The molecule has 5 nitrogen and oxygen atoms in total. The molecule has 0 saturated carbocycles. The van der Waals surface area contributed by atoms with Crippen LogP contribution in [-0.2, 0) is 19.4 Å². The Labute approximate surface area is 166 Å². The number of imidazole rings is 1. The third-order valence-electron chi connectivity index (χ3n) is 5.22. The zero-order valence-electron chi connectivity index (χ0n) is 15.6. The van der Waals surface area contributed by atoms with Crippen molar-refractivity contribution >= 4 is 27.4 Å². The quantitative estimate of drug-likeness (QED) is 0.540. The molecule has 0 fully saturated rings. The topological polar surface area (TPSA) is 55.6 Å². The van der Waals surface area contributed by atoms with Crippen LogP contribution >= 0.6 is 11.3 Å². The number of nitrogens with zero attached hydrogens (tertiary/aromatic N) is 4. The number of hydrogen-bond donors (Lipinski definition) is 1. The zero-order valence-corrected chi connectivity index (χ0v) is 16.4. The molecule has 0 aliphatic heterocycles. The Hall–Kier alpha value is -2.80. The summed E-state index contributed by atoms with van der Waals surface area (Å²) >= 11 is 1.78. The maximum Gasteiger partial charge on any atom is 0.238 e. The van der Waals surface area contributed by atoms with Crippen molar-refractivity contribution in [2.24, 2.45) is 0 Å². The number of benzene rings is 1. The van der Waals surface area contributed by atoms with E-state index in [0.717, 1.165) is 40.3 Å². The summed E-state index contributed by atoms with van der Waals surface area (Å²) in [6, 6.07) is 6.56. The second-order valence-electron chi connectivity index (χ2n) is 7.09. The Bertz CT molecular complexity index is 1150. The highest BCUT2D eigenvalue weighted by Crippen LogP contribution is 2.39. The molecule has 0 atom stereocenters. The van der Waals surface area contributed by atoms with Crippen molar-refractivity contribution in [3.63, 3.8) is 0 Å². The fraction of sp³-hybridized carbons (Fsp3) is 0.286. The zero-order chi connectivity index (χ0) is 19.1. The number of aryl methyl sites for hydroxylation is 3. The van der Waals surface area contributed by atoms with Gasteiger partial charge in [-0.2, -0.15) is 4.98 Å². The molecule has 28 heavy (non-hydrogen) atoms. The predicted molar refractivity (Wildman–Crippen MR) is 110 cm³/mol. The van der Waals surface area contributed by atoms with Crippen LogP contribution in [0.5, 0.6) is 0 Å². The molecule has 1 aliphatic rings. The van der Waals surface area contributed by atoms with Crippen LogP contribution in [0.1, 0.15) is 34.7 Å². The van der Waals surface area contributed by atoms with Crippen LogP contribution in [0.3, 0.4) is 0 Å². The van der Waals surface area contributed by atoms with E-state index in [9.17, 15) is 4.39 Å². The fourth-order valence-corrected chi connectivity index (χ4v) is 5.02. The first-order valence-electron chi connectivity index (χ1n) is 9.50. The van der Waals surface area contributed by atoms with Crippen LogP contribution in [0, 0.1) is 12.7 Å². The molecular weight excluding hydrogens is 373 g/mol. The molecule has 0 radical (unpaired) electrons. The molecule has 0 bridgehead atoms. The van der Waals surface area contributed by atoms with E-state index < -0.39 is 0 Å². The lowest BCUT2D eigenvalue weighted by Gasteiger charge is -2.14. The van der Waals surface area contributed by atoms with Crippen molar-refractivity contribution < 1.29 is 4.39 Å². The lowest BCUT2D eigenvalue weighted by Crippen LogP contribution is -2.08. The van der Waals surface area contributed by atoms with Gasteiger partial charge in [0, 0.05) is 23.8 Å². The van der Waals surface area contributed by atoms with E-state index in [1.54, 1.807) is 29.7 Å². The largest absolute Gasteiger partial charge is 0.365 e.